The average Bonchev–Trinajstić information content (AvgIpc) is 2.81. The Labute approximate surface area is 126 Å². The monoisotopic (exact) mass is 291 g/mol. The van der Waals surface area contributed by atoms with Crippen LogP contribution in [-0.2, 0) is 29.0 Å². The van der Waals surface area contributed by atoms with Gasteiger partial charge in [0, 0.05) is 31.2 Å². The summed E-state index contributed by atoms with van der Waals surface area (Å²) in [4.78, 5) is 0. The summed E-state index contributed by atoms with van der Waals surface area (Å²) < 4.78 is 16.5. The van der Waals surface area contributed by atoms with E-state index >= 15 is 0 Å². The van der Waals surface area contributed by atoms with Crippen LogP contribution in [0.2, 0.25) is 0 Å². The quantitative estimate of drug-likeness (QED) is 0.810. The van der Waals surface area contributed by atoms with Gasteiger partial charge in [-0.25, -0.2) is 0 Å². The molecule has 4 nitrogen and oxygen atoms in total. The highest BCUT2D eigenvalue weighted by atomic mass is 16.5. The van der Waals surface area contributed by atoms with Crippen molar-refractivity contribution in [2.75, 3.05) is 20.8 Å². The molecule has 0 spiro atoms. The van der Waals surface area contributed by atoms with Gasteiger partial charge in [0.25, 0.3) is 0 Å². The zero-order valence-corrected chi connectivity index (χ0v) is 13.4. The lowest BCUT2D eigenvalue weighted by atomic mass is 10.1. The van der Waals surface area contributed by atoms with Crippen molar-refractivity contribution in [1.29, 1.82) is 0 Å². The molecule has 0 radical (unpaired) electrons. The third kappa shape index (κ3) is 4.06. The highest BCUT2D eigenvalue weighted by Crippen LogP contribution is 2.28. The van der Waals surface area contributed by atoms with Crippen LogP contribution >= 0.6 is 0 Å². The van der Waals surface area contributed by atoms with E-state index in [2.05, 4.69) is 31.3 Å². The van der Waals surface area contributed by atoms with E-state index in [1.165, 1.54) is 5.56 Å². The van der Waals surface area contributed by atoms with Crippen molar-refractivity contribution in [3.8, 4) is 0 Å². The first-order chi connectivity index (χ1) is 10.2. The molecule has 116 valence electrons. The number of methoxy groups -OCH3 is 2. The van der Waals surface area contributed by atoms with Crippen LogP contribution in [0.4, 0.5) is 0 Å². The van der Waals surface area contributed by atoms with Gasteiger partial charge in [-0.3, -0.25) is 0 Å². The molecule has 1 N–H and O–H groups in total. The van der Waals surface area contributed by atoms with Gasteiger partial charge in [-0.1, -0.05) is 19.9 Å². The van der Waals surface area contributed by atoms with Crippen molar-refractivity contribution < 1.29 is 13.9 Å². The van der Waals surface area contributed by atoms with Crippen LogP contribution in [0.1, 0.15) is 30.7 Å². The molecule has 21 heavy (non-hydrogen) atoms. The van der Waals surface area contributed by atoms with E-state index in [0.717, 1.165) is 41.9 Å². The largest absolute Gasteiger partial charge is 0.459 e. The normalized spacial score (nSPS) is 11.7. The number of fused-ring (bicyclic) bond motifs is 1. The zero-order chi connectivity index (χ0) is 15.2. The van der Waals surface area contributed by atoms with E-state index in [4.69, 9.17) is 13.9 Å². The first-order valence-corrected chi connectivity index (χ1v) is 7.40. The molecule has 0 unspecified atom stereocenters. The number of ether oxygens (including phenoxy) is 2. The number of nitrogens with one attached hydrogen (secondary N) is 1. The molecule has 0 aliphatic rings. The van der Waals surface area contributed by atoms with Crippen LogP contribution in [0.15, 0.2) is 22.6 Å². The predicted molar refractivity (Wildman–Crippen MR) is 84.5 cm³/mol. The Morgan fingerprint density at radius 1 is 1.19 bits per heavy atom. The summed E-state index contributed by atoms with van der Waals surface area (Å²) >= 11 is 0. The zero-order valence-electron chi connectivity index (χ0n) is 13.4. The fraction of sp³-hybridized carbons (Fsp3) is 0.529. The maximum atomic E-state index is 5.99. The highest BCUT2D eigenvalue weighted by molar-refractivity contribution is 5.83. The molecule has 0 aliphatic heterocycles. The fourth-order valence-electron chi connectivity index (χ4n) is 2.36. The van der Waals surface area contributed by atoms with Crippen LogP contribution in [0, 0.1) is 0 Å². The Balaban J connectivity index is 2.33. The Kier molecular flexibility index (Phi) is 5.79. The lowest BCUT2D eigenvalue weighted by molar-refractivity contribution is 0.183. The number of hydrogen-bond acceptors (Lipinski definition) is 4. The van der Waals surface area contributed by atoms with Gasteiger partial charge in [0.1, 0.15) is 11.3 Å². The van der Waals surface area contributed by atoms with E-state index < -0.39 is 0 Å². The SMILES string of the molecule is COCCc1ccc2oc(CNC(C)C)c(COC)c2c1. The van der Waals surface area contributed by atoms with Crippen molar-refractivity contribution in [3.63, 3.8) is 0 Å². The minimum Gasteiger partial charge on any atom is -0.459 e. The second-order valence-corrected chi connectivity index (χ2v) is 5.55. The molecule has 0 bridgehead atoms. The minimum absolute atomic E-state index is 0.422. The first-order valence-electron chi connectivity index (χ1n) is 7.40. The standard InChI is InChI=1S/C17H25NO3/c1-12(2)18-10-17-15(11-20-4)14-9-13(7-8-19-3)5-6-16(14)21-17/h5-6,9,12,18H,7-8,10-11H2,1-4H3. The fourth-order valence-corrected chi connectivity index (χ4v) is 2.36. The molecule has 0 aliphatic carbocycles. The first kappa shape index (κ1) is 16.0. The van der Waals surface area contributed by atoms with Crippen molar-refractivity contribution >= 4 is 11.0 Å². The number of benzene rings is 1. The van der Waals surface area contributed by atoms with E-state index in [1.54, 1.807) is 14.2 Å². The van der Waals surface area contributed by atoms with Crippen molar-refractivity contribution in [1.82, 2.24) is 5.32 Å². The molecule has 0 atom stereocenters. The number of furan rings is 1. The molecule has 2 aromatic rings. The molecule has 1 heterocycles. The number of hydrogen-bond donors (Lipinski definition) is 1. The summed E-state index contributed by atoms with van der Waals surface area (Å²) in [5.41, 5.74) is 3.31. The predicted octanol–water partition coefficient (Wildman–Crippen LogP) is 3.27. The molecular formula is C17H25NO3. The van der Waals surface area contributed by atoms with Crippen LogP contribution < -0.4 is 5.32 Å². The maximum absolute atomic E-state index is 5.99. The molecule has 0 fully saturated rings. The van der Waals surface area contributed by atoms with Crippen LogP contribution in [0.25, 0.3) is 11.0 Å². The summed E-state index contributed by atoms with van der Waals surface area (Å²) in [6.07, 6.45) is 0.906. The third-order valence-corrected chi connectivity index (χ3v) is 3.49. The second kappa shape index (κ2) is 7.59. The summed E-state index contributed by atoms with van der Waals surface area (Å²) in [5, 5.41) is 4.55. The molecule has 0 amide bonds. The molecular weight excluding hydrogens is 266 g/mol. The van der Waals surface area contributed by atoms with E-state index in [-0.39, 0.29) is 0 Å². The minimum atomic E-state index is 0.422. The van der Waals surface area contributed by atoms with Gasteiger partial charge in [-0.2, -0.15) is 0 Å². The van der Waals surface area contributed by atoms with Gasteiger partial charge < -0.3 is 19.2 Å². The van der Waals surface area contributed by atoms with Gasteiger partial charge in [0.05, 0.1) is 19.8 Å². The topological polar surface area (TPSA) is 43.6 Å². The van der Waals surface area contributed by atoms with Crippen molar-refractivity contribution in [2.45, 2.75) is 39.5 Å². The Morgan fingerprint density at radius 3 is 2.67 bits per heavy atom. The van der Waals surface area contributed by atoms with E-state index in [1.807, 2.05) is 6.07 Å². The second-order valence-electron chi connectivity index (χ2n) is 5.55. The van der Waals surface area contributed by atoms with Crippen LogP contribution in [0.3, 0.4) is 0 Å². The maximum Gasteiger partial charge on any atom is 0.134 e. The summed E-state index contributed by atoms with van der Waals surface area (Å²) in [6.45, 7) is 6.27. The third-order valence-electron chi connectivity index (χ3n) is 3.49. The molecule has 1 aromatic heterocycles. The Bertz CT molecular complexity index is 575. The smallest absolute Gasteiger partial charge is 0.134 e. The van der Waals surface area contributed by atoms with Gasteiger partial charge in [0.2, 0.25) is 0 Å². The Morgan fingerprint density at radius 2 is 2.00 bits per heavy atom. The van der Waals surface area contributed by atoms with Crippen molar-refractivity contribution in [2.24, 2.45) is 0 Å². The molecule has 4 heteroatoms. The highest BCUT2D eigenvalue weighted by Gasteiger charge is 2.14. The van der Waals surface area contributed by atoms with Crippen molar-refractivity contribution in [3.05, 3.63) is 35.1 Å². The molecule has 0 saturated carbocycles. The summed E-state index contributed by atoms with van der Waals surface area (Å²) in [7, 11) is 3.44. The van der Waals surface area contributed by atoms with Gasteiger partial charge >= 0.3 is 0 Å². The summed E-state index contributed by atoms with van der Waals surface area (Å²) in [6, 6.07) is 6.75. The Hall–Kier alpha value is -1.36. The lowest BCUT2D eigenvalue weighted by Gasteiger charge is -2.07. The molecule has 0 saturated heterocycles. The van der Waals surface area contributed by atoms with Gasteiger partial charge in [-0.05, 0) is 24.1 Å². The van der Waals surface area contributed by atoms with E-state index in [9.17, 15) is 0 Å². The molecule has 2 rings (SSSR count). The average molecular weight is 291 g/mol. The van der Waals surface area contributed by atoms with E-state index in [0.29, 0.717) is 12.6 Å². The van der Waals surface area contributed by atoms with Gasteiger partial charge in [0.15, 0.2) is 0 Å². The molecule has 1 aromatic carbocycles. The van der Waals surface area contributed by atoms with Crippen LogP contribution in [0.5, 0.6) is 0 Å². The van der Waals surface area contributed by atoms with Crippen LogP contribution in [-0.4, -0.2) is 26.9 Å². The van der Waals surface area contributed by atoms with Gasteiger partial charge in [-0.15, -0.1) is 0 Å². The number of rotatable bonds is 8. The summed E-state index contributed by atoms with van der Waals surface area (Å²) in [5.74, 6) is 0.962. The lowest BCUT2D eigenvalue weighted by Crippen LogP contribution is -2.22.